The van der Waals surface area contributed by atoms with Crippen LogP contribution in [0.1, 0.15) is 78.7 Å². The number of H-pyrrole nitrogens is 2. The predicted octanol–water partition coefficient (Wildman–Crippen LogP) is 4.08. The molecule has 6 aliphatic rings. The molecular formula is C40H50N8O16. The van der Waals surface area contributed by atoms with E-state index in [0.29, 0.717) is 0 Å². The zero-order valence-electron chi connectivity index (χ0n) is 38.2. The minimum atomic E-state index is -1.55. The molecule has 0 saturated carbocycles. The molecule has 0 aliphatic carbocycles. The molecule has 2 N–H and O–H groups in total. The molecule has 0 saturated heterocycles. The Labute approximate surface area is 365 Å². The van der Waals surface area contributed by atoms with Crippen LogP contribution in [0.5, 0.6) is 23.0 Å². The number of fused-ring (bicyclic) bond motifs is 18. The van der Waals surface area contributed by atoms with Crippen molar-refractivity contribution in [1.29, 1.82) is 0 Å². The molecule has 0 amide bonds. The van der Waals surface area contributed by atoms with E-state index in [4.69, 9.17) is 106 Å². The summed E-state index contributed by atoms with van der Waals surface area (Å²) in [4.78, 5) is 35.8. The predicted molar refractivity (Wildman–Crippen MR) is 216 cm³/mol. The van der Waals surface area contributed by atoms with Crippen molar-refractivity contribution in [2.75, 3.05) is 56.9 Å². The third kappa shape index (κ3) is 5.69. The van der Waals surface area contributed by atoms with Crippen LogP contribution in [0.3, 0.4) is 0 Å². The number of nitrogens with zero attached hydrogens (tertiary/aromatic N) is 6. The van der Waals surface area contributed by atoms with Gasteiger partial charge in [-0.2, -0.15) is 0 Å². The molecule has 3 aromatic rings. The molecule has 8 bridgehead atoms. The van der Waals surface area contributed by atoms with E-state index >= 15 is 0 Å². The Morgan fingerprint density at radius 1 is 0.281 bits per heavy atom. The molecule has 8 atom stereocenters. The summed E-state index contributed by atoms with van der Waals surface area (Å²) in [5, 5.41) is 0. The Kier molecular flexibility index (Phi) is 9.51. The first kappa shape index (κ1) is 43.6. The molecule has 24 heteroatoms. The molecule has 9 heterocycles. The fourth-order valence-corrected chi connectivity index (χ4v) is 7.60. The zero-order chi connectivity index (χ0) is 46.2. The number of methoxy groups -OCH3 is 8. The first-order valence-corrected chi connectivity index (χ1v) is 19.8. The summed E-state index contributed by atoms with van der Waals surface area (Å²) in [5.74, 6) is -12.3. The van der Waals surface area contributed by atoms with Crippen molar-refractivity contribution in [3.8, 4) is 23.0 Å². The average molecular weight is 899 g/mol. The average Bonchev–Trinajstić information content (AvgIpc) is 3.97. The maximum atomic E-state index is 6.57. The van der Waals surface area contributed by atoms with Gasteiger partial charge in [-0.05, 0) is 0 Å². The number of aromatic nitrogens is 8. The summed E-state index contributed by atoms with van der Waals surface area (Å²) >= 11 is 0. The highest BCUT2D eigenvalue weighted by Crippen LogP contribution is 2.53. The van der Waals surface area contributed by atoms with Gasteiger partial charge in [0.05, 0.1) is 0 Å². The number of hydrogen-bond donors (Lipinski definition) is 2. The molecule has 9 rings (SSSR count). The minimum Gasteiger partial charge on any atom is -0.448 e. The molecule has 0 spiro atoms. The van der Waals surface area contributed by atoms with Gasteiger partial charge in [-0.25, -0.2) is 29.9 Å². The SMILES string of the molecule is CO[C@]1(C)OC2=C(O[C@@]1(C)OC)c1nc2nc2[nH]c(nc3nc(nc4[nH]c(n1)c1c4O[C@@](C)(OC)[C@](C)(OC)O1)C1=C3O[C@@](C)(OC)[C@](C)(OC)O1)c1c2O[C@@](C)(OC)[C@](C)(OC)O1. The fraction of sp³-hybridized carbons (Fsp3) is 0.600. The van der Waals surface area contributed by atoms with E-state index in [9.17, 15) is 0 Å². The normalized spacial score (nSPS) is 34.9. The van der Waals surface area contributed by atoms with Crippen molar-refractivity contribution in [3.63, 3.8) is 0 Å². The lowest BCUT2D eigenvalue weighted by Crippen LogP contribution is -2.62. The van der Waals surface area contributed by atoms with Gasteiger partial charge in [0.15, 0.2) is 22.6 Å². The number of hydrogen-bond acceptors (Lipinski definition) is 22. The zero-order valence-corrected chi connectivity index (χ0v) is 38.2. The Morgan fingerprint density at radius 2 is 0.453 bits per heavy atom. The smallest absolute Gasteiger partial charge is 0.273 e. The van der Waals surface area contributed by atoms with Crippen molar-refractivity contribution in [2.45, 2.75) is 102 Å². The quantitative estimate of drug-likeness (QED) is 0.323. The second-order valence-corrected chi connectivity index (χ2v) is 16.3. The van der Waals surface area contributed by atoms with E-state index in [2.05, 4.69) is 9.97 Å². The summed E-state index contributed by atoms with van der Waals surface area (Å²) in [6.07, 6.45) is 0. The molecule has 64 heavy (non-hydrogen) atoms. The number of nitrogens with one attached hydrogen (secondary N) is 2. The maximum Gasteiger partial charge on any atom is 0.273 e. The second-order valence-electron chi connectivity index (χ2n) is 16.3. The third-order valence-electron chi connectivity index (χ3n) is 13.1. The molecular weight excluding hydrogens is 848 g/mol. The Morgan fingerprint density at radius 3 is 0.625 bits per heavy atom. The first-order valence-electron chi connectivity index (χ1n) is 19.8. The van der Waals surface area contributed by atoms with Crippen LogP contribution in [-0.4, -0.2) is 143 Å². The Hall–Kier alpha value is -5.60. The van der Waals surface area contributed by atoms with Gasteiger partial charge in [0.1, 0.15) is 0 Å². The van der Waals surface area contributed by atoms with Gasteiger partial charge in [0.2, 0.25) is 69.3 Å². The van der Waals surface area contributed by atoms with Crippen LogP contribution in [0.25, 0.3) is 45.6 Å². The van der Waals surface area contributed by atoms with Gasteiger partial charge in [0.25, 0.3) is 46.3 Å². The molecule has 3 aromatic heterocycles. The lowest BCUT2D eigenvalue weighted by Gasteiger charge is -2.46. The van der Waals surface area contributed by atoms with E-state index in [0.717, 1.165) is 0 Å². The van der Waals surface area contributed by atoms with Crippen LogP contribution in [0.2, 0.25) is 0 Å². The molecule has 0 aromatic carbocycles. The van der Waals surface area contributed by atoms with E-state index in [1.807, 2.05) is 0 Å². The van der Waals surface area contributed by atoms with Crippen molar-refractivity contribution < 1.29 is 75.8 Å². The molecule has 6 aliphatic heterocycles. The van der Waals surface area contributed by atoms with E-state index in [1.54, 1.807) is 55.4 Å². The molecule has 0 unspecified atom stereocenters. The van der Waals surface area contributed by atoms with Gasteiger partial charge in [-0.3, -0.25) is 0 Å². The number of aromatic amines is 2. The highest BCUT2D eigenvalue weighted by Gasteiger charge is 2.61. The topological polar surface area (TPSA) is 257 Å². The lowest BCUT2D eigenvalue weighted by atomic mass is 10.1. The van der Waals surface area contributed by atoms with Crippen LogP contribution >= 0.6 is 0 Å². The molecule has 0 fully saturated rings. The second kappa shape index (κ2) is 14.0. The standard InChI is InChI=1S/C40H50N8O16/c1-33(49-9)34(2,50-10)58-18-17(57-33)25-41-26(18)46-28-21-22(62-38(6,54-14)37(5,53-13)61-21)30(43-28)48-32-24-23(63-39(7,55-15)40(8,56-16)64-24)31(44-32)47-29-20-19(27(42-29)45-25)59-35(3,51-11)36(4,52-12)60-20/h1-16H3,(H2,41,42,43,44,45,46,47,48)/t33-,34-,35-,36-,37-,38-,39-,40-/m1/s1. The van der Waals surface area contributed by atoms with Crippen molar-refractivity contribution >= 4 is 45.6 Å². The molecule has 0 radical (unpaired) electrons. The van der Waals surface area contributed by atoms with Crippen molar-refractivity contribution in [2.24, 2.45) is 0 Å². The van der Waals surface area contributed by atoms with Gasteiger partial charge in [0, 0.05) is 112 Å². The highest BCUT2D eigenvalue weighted by atomic mass is 16.8. The Balaban J connectivity index is 1.43. The van der Waals surface area contributed by atoms with Crippen LogP contribution in [0.15, 0.2) is 0 Å². The molecule has 24 nitrogen and oxygen atoms in total. The lowest BCUT2D eigenvalue weighted by molar-refractivity contribution is -0.359. The van der Waals surface area contributed by atoms with Gasteiger partial charge in [-0.1, -0.05) is 0 Å². The summed E-state index contributed by atoms with van der Waals surface area (Å²) < 4.78 is 99.3. The minimum absolute atomic E-state index is 0.0227. The number of rotatable bonds is 8. The largest absolute Gasteiger partial charge is 0.448 e. The van der Waals surface area contributed by atoms with Crippen molar-refractivity contribution in [3.05, 3.63) is 23.3 Å². The van der Waals surface area contributed by atoms with E-state index < -0.39 is 46.3 Å². The van der Waals surface area contributed by atoms with Crippen LogP contribution < -0.4 is 18.9 Å². The third-order valence-corrected chi connectivity index (χ3v) is 13.1. The summed E-state index contributed by atoms with van der Waals surface area (Å²) in [7, 11) is 11.6. The van der Waals surface area contributed by atoms with Gasteiger partial charge >= 0.3 is 0 Å². The number of ether oxygens (including phenoxy) is 16. The maximum absolute atomic E-state index is 6.57. The van der Waals surface area contributed by atoms with Crippen molar-refractivity contribution in [1.82, 2.24) is 39.9 Å². The van der Waals surface area contributed by atoms with Crippen LogP contribution in [-0.2, 0) is 56.8 Å². The Bertz CT molecular complexity index is 2360. The van der Waals surface area contributed by atoms with Crippen LogP contribution in [0.4, 0.5) is 0 Å². The van der Waals surface area contributed by atoms with E-state index in [1.165, 1.54) is 56.9 Å². The molecule has 346 valence electrons. The first-order chi connectivity index (χ1) is 30.1. The highest BCUT2D eigenvalue weighted by molar-refractivity contribution is 5.88. The van der Waals surface area contributed by atoms with Crippen LogP contribution in [0, 0.1) is 0 Å². The summed E-state index contributed by atoms with van der Waals surface area (Å²) in [6.45, 7) is 13.1. The van der Waals surface area contributed by atoms with Gasteiger partial charge in [-0.15, -0.1) is 0 Å². The van der Waals surface area contributed by atoms with E-state index in [-0.39, 0.29) is 91.9 Å². The summed E-state index contributed by atoms with van der Waals surface area (Å²) in [5.41, 5.74) is 0.163. The summed E-state index contributed by atoms with van der Waals surface area (Å²) in [6, 6.07) is 0. The fourth-order valence-electron chi connectivity index (χ4n) is 7.60. The van der Waals surface area contributed by atoms with Gasteiger partial charge < -0.3 is 85.8 Å². The monoisotopic (exact) mass is 898 g/mol.